The maximum absolute atomic E-state index is 13.8. The lowest BCUT2D eigenvalue weighted by Crippen LogP contribution is -2.63. The lowest BCUT2D eigenvalue weighted by atomic mass is 9.82. The zero-order valence-electron chi connectivity index (χ0n) is 10.7. The van der Waals surface area contributed by atoms with Gasteiger partial charge < -0.3 is 0 Å². The molecule has 2 aliphatic rings. The van der Waals surface area contributed by atoms with E-state index in [0.717, 1.165) is 17.7 Å². The van der Waals surface area contributed by atoms with Crippen molar-refractivity contribution in [1.29, 1.82) is 0 Å². The van der Waals surface area contributed by atoms with Crippen LogP contribution >= 0.6 is 0 Å². The second-order valence-electron chi connectivity index (χ2n) is 5.14. The standard InChI is InChI=1S/C14H13FN2O3/c15-9-5-1-2-6-10(9)17-12(19)14(7-3-4-8-14)11(18)16-13(17)20/h1-2,5-6H,3-4,7-8H2,(H,16,18,20). The molecule has 1 aliphatic carbocycles. The third-order valence-electron chi connectivity index (χ3n) is 4.02. The fraction of sp³-hybridized carbons (Fsp3) is 0.357. The zero-order chi connectivity index (χ0) is 14.3. The fourth-order valence-corrected chi connectivity index (χ4v) is 2.95. The maximum atomic E-state index is 13.8. The maximum Gasteiger partial charge on any atom is 0.335 e. The second-order valence-corrected chi connectivity index (χ2v) is 5.14. The minimum Gasteiger partial charge on any atom is -0.276 e. The molecule has 0 atom stereocenters. The Kier molecular flexibility index (Phi) is 2.81. The second kappa shape index (κ2) is 4.40. The Hall–Kier alpha value is -2.24. The van der Waals surface area contributed by atoms with E-state index in [1.54, 1.807) is 0 Å². The summed E-state index contributed by atoms with van der Waals surface area (Å²) in [6.45, 7) is 0. The summed E-state index contributed by atoms with van der Waals surface area (Å²) >= 11 is 0. The minimum absolute atomic E-state index is 0.117. The van der Waals surface area contributed by atoms with Gasteiger partial charge in [0.05, 0.1) is 5.69 Å². The summed E-state index contributed by atoms with van der Waals surface area (Å²) in [7, 11) is 0. The highest BCUT2D eigenvalue weighted by molar-refractivity contribution is 6.30. The number of barbiturate groups is 1. The van der Waals surface area contributed by atoms with Gasteiger partial charge in [-0.15, -0.1) is 0 Å². The number of anilines is 1. The van der Waals surface area contributed by atoms with Crippen molar-refractivity contribution in [2.75, 3.05) is 4.90 Å². The number of rotatable bonds is 1. The molecule has 6 heteroatoms. The van der Waals surface area contributed by atoms with Gasteiger partial charge in [-0.05, 0) is 25.0 Å². The van der Waals surface area contributed by atoms with Gasteiger partial charge in [-0.1, -0.05) is 25.0 Å². The Morgan fingerprint density at radius 3 is 2.40 bits per heavy atom. The molecule has 0 radical (unpaired) electrons. The lowest BCUT2D eigenvalue weighted by molar-refractivity contribution is -0.142. The summed E-state index contributed by atoms with van der Waals surface area (Å²) in [5.74, 6) is -1.84. The van der Waals surface area contributed by atoms with E-state index < -0.39 is 29.1 Å². The number of carbonyl (C=O) groups excluding carboxylic acids is 3. The first-order chi connectivity index (χ1) is 9.56. The van der Waals surface area contributed by atoms with Crippen LogP contribution in [0.2, 0.25) is 0 Å². The molecule has 4 amide bonds. The van der Waals surface area contributed by atoms with E-state index in [1.165, 1.54) is 24.3 Å². The topological polar surface area (TPSA) is 66.5 Å². The van der Waals surface area contributed by atoms with Crippen LogP contribution in [-0.2, 0) is 9.59 Å². The minimum atomic E-state index is -1.21. The molecule has 1 spiro atoms. The molecule has 20 heavy (non-hydrogen) atoms. The van der Waals surface area contributed by atoms with Gasteiger partial charge in [0.1, 0.15) is 11.2 Å². The number of hydrogen-bond donors (Lipinski definition) is 1. The van der Waals surface area contributed by atoms with E-state index in [-0.39, 0.29) is 5.69 Å². The van der Waals surface area contributed by atoms with E-state index in [4.69, 9.17) is 0 Å². The Morgan fingerprint density at radius 1 is 1.10 bits per heavy atom. The van der Waals surface area contributed by atoms with Crippen molar-refractivity contribution in [2.24, 2.45) is 5.41 Å². The molecule has 0 unspecified atom stereocenters. The zero-order valence-corrected chi connectivity index (χ0v) is 10.7. The fourth-order valence-electron chi connectivity index (χ4n) is 2.95. The van der Waals surface area contributed by atoms with Crippen LogP contribution in [-0.4, -0.2) is 17.8 Å². The molecule has 1 heterocycles. The molecule has 0 aromatic heterocycles. The van der Waals surface area contributed by atoms with Crippen LogP contribution in [0.25, 0.3) is 0 Å². The van der Waals surface area contributed by atoms with Crippen molar-refractivity contribution in [3.8, 4) is 0 Å². The van der Waals surface area contributed by atoms with E-state index in [2.05, 4.69) is 5.32 Å². The van der Waals surface area contributed by atoms with Crippen LogP contribution in [0.5, 0.6) is 0 Å². The quantitative estimate of drug-likeness (QED) is 0.797. The van der Waals surface area contributed by atoms with E-state index in [9.17, 15) is 18.8 Å². The van der Waals surface area contributed by atoms with Crippen molar-refractivity contribution >= 4 is 23.5 Å². The van der Waals surface area contributed by atoms with Gasteiger partial charge in [0, 0.05) is 0 Å². The third-order valence-corrected chi connectivity index (χ3v) is 4.02. The normalized spacial score (nSPS) is 21.4. The van der Waals surface area contributed by atoms with Crippen LogP contribution in [0, 0.1) is 11.2 Å². The van der Waals surface area contributed by atoms with Crippen molar-refractivity contribution in [3.63, 3.8) is 0 Å². The van der Waals surface area contributed by atoms with Gasteiger partial charge in [0.15, 0.2) is 0 Å². The molecule has 3 rings (SSSR count). The number of para-hydroxylation sites is 1. The largest absolute Gasteiger partial charge is 0.335 e. The van der Waals surface area contributed by atoms with Crippen LogP contribution in [0.1, 0.15) is 25.7 Å². The summed E-state index contributed by atoms with van der Waals surface area (Å²) in [6, 6.07) is 4.65. The van der Waals surface area contributed by atoms with Crippen LogP contribution in [0.3, 0.4) is 0 Å². The molecular weight excluding hydrogens is 263 g/mol. The number of carbonyl (C=O) groups is 3. The SMILES string of the molecule is O=C1NC(=O)C2(CCCC2)C(=O)N1c1ccccc1F. The molecular formula is C14H13FN2O3. The summed E-state index contributed by atoms with van der Waals surface area (Å²) in [6.07, 6.45) is 2.29. The monoisotopic (exact) mass is 276 g/mol. The van der Waals surface area contributed by atoms with Gasteiger partial charge in [0.2, 0.25) is 5.91 Å². The van der Waals surface area contributed by atoms with Crippen LogP contribution < -0.4 is 10.2 Å². The first-order valence-electron chi connectivity index (χ1n) is 6.51. The predicted octanol–water partition coefficient (Wildman–Crippen LogP) is 1.97. The molecule has 104 valence electrons. The molecule has 1 aromatic rings. The highest BCUT2D eigenvalue weighted by Gasteiger charge is 2.55. The number of nitrogens with zero attached hydrogens (tertiary/aromatic N) is 1. The molecule has 1 N–H and O–H groups in total. The van der Waals surface area contributed by atoms with Crippen LogP contribution in [0.4, 0.5) is 14.9 Å². The number of benzene rings is 1. The summed E-state index contributed by atoms with van der Waals surface area (Å²) < 4.78 is 13.8. The van der Waals surface area contributed by atoms with E-state index >= 15 is 0 Å². The molecule has 5 nitrogen and oxygen atoms in total. The van der Waals surface area contributed by atoms with E-state index in [0.29, 0.717) is 12.8 Å². The van der Waals surface area contributed by atoms with Crippen molar-refractivity contribution in [2.45, 2.75) is 25.7 Å². The van der Waals surface area contributed by atoms with Gasteiger partial charge in [-0.25, -0.2) is 14.1 Å². The summed E-state index contributed by atoms with van der Waals surface area (Å²) in [5.41, 5.74) is -1.33. The number of imide groups is 2. The Labute approximate surface area is 114 Å². The van der Waals surface area contributed by atoms with Crippen molar-refractivity contribution < 1.29 is 18.8 Å². The number of nitrogens with one attached hydrogen (secondary N) is 1. The number of halogens is 1. The van der Waals surface area contributed by atoms with Gasteiger partial charge in [0.25, 0.3) is 5.91 Å². The number of hydrogen-bond acceptors (Lipinski definition) is 3. The van der Waals surface area contributed by atoms with Gasteiger partial charge in [-0.3, -0.25) is 14.9 Å². The van der Waals surface area contributed by atoms with Crippen molar-refractivity contribution in [1.82, 2.24) is 5.32 Å². The number of urea groups is 1. The molecule has 1 aromatic carbocycles. The Balaban J connectivity index is 2.07. The predicted molar refractivity (Wildman–Crippen MR) is 68.3 cm³/mol. The van der Waals surface area contributed by atoms with Gasteiger partial charge in [-0.2, -0.15) is 0 Å². The average molecular weight is 276 g/mol. The Morgan fingerprint density at radius 2 is 1.75 bits per heavy atom. The first-order valence-corrected chi connectivity index (χ1v) is 6.51. The molecule has 1 saturated heterocycles. The first kappa shape index (κ1) is 12.8. The lowest BCUT2D eigenvalue weighted by Gasteiger charge is -2.36. The van der Waals surface area contributed by atoms with Crippen LogP contribution in [0.15, 0.2) is 24.3 Å². The average Bonchev–Trinajstić information content (AvgIpc) is 2.90. The highest BCUT2D eigenvalue weighted by Crippen LogP contribution is 2.43. The van der Waals surface area contributed by atoms with E-state index in [1.807, 2.05) is 0 Å². The molecule has 1 saturated carbocycles. The van der Waals surface area contributed by atoms with Gasteiger partial charge >= 0.3 is 6.03 Å². The summed E-state index contributed by atoms with van der Waals surface area (Å²) in [4.78, 5) is 37.3. The highest BCUT2D eigenvalue weighted by atomic mass is 19.1. The van der Waals surface area contributed by atoms with Crippen molar-refractivity contribution in [3.05, 3.63) is 30.1 Å². The molecule has 2 fully saturated rings. The Bertz CT molecular complexity index is 608. The number of amides is 4. The third kappa shape index (κ3) is 1.64. The molecule has 1 aliphatic heterocycles. The molecule has 0 bridgehead atoms. The smallest absolute Gasteiger partial charge is 0.276 e. The summed E-state index contributed by atoms with van der Waals surface area (Å²) in [5, 5.41) is 2.18.